The molecule has 4 nitrogen and oxygen atoms in total. The zero-order chi connectivity index (χ0) is 12.8. The third-order valence-electron chi connectivity index (χ3n) is 3.78. The number of aryl methyl sites for hydroxylation is 1. The first-order valence-corrected chi connectivity index (χ1v) is 7.30. The van der Waals surface area contributed by atoms with Crippen LogP contribution in [0.1, 0.15) is 38.9 Å². The Labute approximate surface area is 110 Å². The summed E-state index contributed by atoms with van der Waals surface area (Å²) in [5.41, 5.74) is 0. The van der Waals surface area contributed by atoms with Gasteiger partial charge in [0.15, 0.2) is 0 Å². The largest absolute Gasteiger partial charge is 0.334 e. The molecule has 0 radical (unpaired) electrons. The van der Waals surface area contributed by atoms with E-state index in [2.05, 4.69) is 39.8 Å². The quantitative estimate of drug-likeness (QED) is 0.836. The van der Waals surface area contributed by atoms with E-state index in [1.807, 2.05) is 6.20 Å². The maximum atomic E-state index is 4.50. The van der Waals surface area contributed by atoms with Crippen LogP contribution in [0.3, 0.4) is 0 Å². The SMILES string of the molecule is CCCN(Cc1nccn1CC)C1CCCNC1. The van der Waals surface area contributed by atoms with Crippen LogP contribution in [0.2, 0.25) is 0 Å². The first-order valence-electron chi connectivity index (χ1n) is 7.30. The average Bonchev–Trinajstić information content (AvgIpc) is 2.86. The van der Waals surface area contributed by atoms with Gasteiger partial charge in [-0.3, -0.25) is 4.90 Å². The fraction of sp³-hybridized carbons (Fsp3) is 0.786. The molecule has 1 aromatic rings. The van der Waals surface area contributed by atoms with Gasteiger partial charge < -0.3 is 9.88 Å². The Balaban J connectivity index is 2.00. The Morgan fingerprint density at radius 3 is 3.06 bits per heavy atom. The van der Waals surface area contributed by atoms with Crippen molar-refractivity contribution >= 4 is 0 Å². The summed E-state index contributed by atoms with van der Waals surface area (Å²) in [6.45, 7) is 9.92. The molecule has 102 valence electrons. The first-order chi connectivity index (χ1) is 8.85. The van der Waals surface area contributed by atoms with Crippen molar-refractivity contribution in [2.45, 2.75) is 52.2 Å². The number of nitrogens with one attached hydrogen (secondary N) is 1. The van der Waals surface area contributed by atoms with Gasteiger partial charge in [0.05, 0.1) is 6.54 Å². The fourth-order valence-corrected chi connectivity index (χ4v) is 2.78. The van der Waals surface area contributed by atoms with Gasteiger partial charge in [0.2, 0.25) is 0 Å². The number of rotatable bonds is 6. The Kier molecular flexibility index (Phi) is 5.20. The highest BCUT2D eigenvalue weighted by Gasteiger charge is 2.21. The summed E-state index contributed by atoms with van der Waals surface area (Å²) in [5.74, 6) is 1.21. The molecule has 1 aliphatic heterocycles. The van der Waals surface area contributed by atoms with Crippen LogP contribution in [0.5, 0.6) is 0 Å². The molecule has 1 fully saturated rings. The molecule has 18 heavy (non-hydrogen) atoms. The normalized spacial score (nSPS) is 20.5. The molecule has 4 heteroatoms. The minimum Gasteiger partial charge on any atom is -0.334 e. The first kappa shape index (κ1) is 13.6. The lowest BCUT2D eigenvalue weighted by Gasteiger charge is -2.34. The molecule has 2 heterocycles. The maximum Gasteiger partial charge on any atom is 0.122 e. The molecule has 1 aromatic heterocycles. The smallest absolute Gasteiger partial charge is 0.122 e. The van der Waals surface area contributed by atoms with Crippen molar-refractivity contribution in [3.8, 4) is 0 Å². The van der Waals surface area contributed by atoms with Gasteiger partial charge in [-0.25, -0.2) is 4.98 Å². The van der Waals surface area contributed by atoms with Crippen LogP contribution in [-0.4, -0.2) is 40.1 Å². The van der Waals surface area contributed by atoms with Crippen molar-refractivity contribution in [2.24, 2.45) is 0 Å². The summed E-state index contributed by atoms with van der Waals surface area (Å²) in [6, 6.07) is 0.681. The van der Waals surface area contributed by atoms with Crippen molar-refractivity contribution in [2.75, 3.05) is 19.6 Å². The second kappa shape index (κ2) is 6.90. The van der Waals surface area contributed by atoms with Crippen LogP contribution in [0.15, 0.2) is 12.4 Å². The van der Waals surface area contributed by atoms with Crippen molar-refractivity contribution in [1.29, 1.82) is 0 Å². The highest BCUT2D eigenvalue weighted by molar-refractivity contribution is 4.93. The van der Waals surface area contributed by atoms with Gasteiger partial charge in [0.1, 0.15) is 5.82 Å². The van der Waals surface area contributed by atoms with Crippen molar-refractivity contribution in [3.05, 3.63) is 18.2 Å². The summed E-state index contributed by atoms with van der Waals surface area (Å²) in [6.07, 6.45) is 7.83. The minimum absolute atomic E-state index is 0.681. The van der Waals surface area contributed by atoms with Gasteiger partial charge in [-0.2, -0.15) is 0 Å². The molecular weight excluding hydrogens is 224 g/mol. The summed E-state index contributed by atoms with van der Waals surface area (Å²) >= 11 is 0. The molecule has 0 aromatic carbocycles. The van der Waals surface area contributed by atoms with Crippen LogP contribution in [-0.2, 0) is 13.1 Å². The van der Waals surface area contributed by atoms with Gasteiger partial charge in [-0.1, -0.05) is 6.92 Å². The number of hydrogen-bond acceptors (Lipinski definition) is 3. The van der Waals surface area contributed by atoms with E-state index in [0.717, 1.165) is 19.6 Å². The van der Waals surface area contributed by atoms with E-state index >= 15 is 0 Å². The molecule has 0 spiro atoms. The van der Waals surface area contributed by atoms with E-state index in [-0.39, 0.29) is 0 Å². The third-order valence-corrected chi connectivity index (χ3v) is 3.78. The number of hydrogen-bond donors (Lipinski definition) is 1. The Morgan fingerprint density at radius 1 is 1.50 bits per heavy atom. The average molecular weight is 250 g/mol. The molecule has 0 bridgehead atoms. The van der Waals surface area contributed by atoms with Crippen molar-refractivity contribution < 1.29 is 0 Å². The second-order valence-electron chi connectivity index (χ2n) is 5.10. The predicted molar refractivity (Wildman–Crippen MR) is 74.5 cm³/mol. The fourth-order valence-electron chi connectivity index (χ4n) is 2.78. The van der Waals surface area contributed by atoms with E-state index in [9.17, 15) is 0 Å². The number of piperidine rings is 1. The third kappa shape index (κ3) is 3.33. The number of imidazole rings is 1. The summed E-state index contributed by atoms with van der Waals surface area (Å²) in [5, 5.41) is 3.51. The van der Waals surface area contributed by atoms with E-state index in [4.69, 9.17) is 0 Å². The van der Waals surface area contributed by atoms with Crippen LogP contribution in [0, 0.1) is 0 Å². The predicted octanol–water partition coefficient (Wildman–Crippen LogP) is 1.87. The highest BCUT2D eigenvalue weighted by Crippen LogP contribution is 2.14. The van der Waals surface area contributed by atoms with Crippen molar-refractivity contribution in [3.63, 3.8) is 0 Å². The van der Waals surface area contributed by atoms with E-state index in [1.54, 1.807) is 0 Å². The van der Waals surface area contributed by atoms with Crippen LogP contribution < -0.4 is 5.32 Å². The van der Waals surface area contributed by atoms with Gasteiger partial charge >= 0.3 is 0 Å². The molecule has 0 amide bonds. The molecule has 2 rings (SSSR count). The molecule has 1 aliphatic rings. The van der Waals surface area contributed by atoms with E-state index < -0.39 is 0 Å². The highest BCUT2D eigenvalue weighted by atomic mass is 15.2. The lowest BCUT2D eigenvalue weighted by Crippen LogP contribution is -2.46. The molecular formula is C14H26N4. The molecule has 1 unspecified atom stereocenters. The monoisotopic (exact) mass is 250 g/mol. The number of aromatic nitrogens is 2. The Hall–Kier alpha value is -0.870. The molecule has 1 N–H and O–H groups in total. The van der Waals surface area contributed by atoms with Gasteiger partial charge in [0.25, 0.3) is 0 Å². The van der Waals surface area contributed by atoms with Crippen LogP contribution in [0.4, 0.5) is 0 Å². The lowest BCUT2D eigenvalue weighted by atomic mass is 10.1. The number of nitrogens with zero attached hydrogens (tertiary/aromatic N) is 3. The molecule has 1 atom stereocenters. The minimum atomic E-state index is 0.681. The topological polar surface area (TPSA) is 33.1 Å². The maximum absolute atomic E-state index is 4.50. The second-order valence-corrected chi connectivity index (χ2v) is 5.10. The standard InChI is InChI=1S/C14H26N4/c1-3-9-18(13-6-5-7-15-11-13)12-14-16-8-10-17(14)4-2/h8,10,13,15H,3-7,9,11-12H2,1-2H3. The van der Waals surface area contributed by atoms with Crippen LogP contribution >= 0.6 is 0 Å². The van der Waals surface area contributed by atoms with Gasteiger partial charge in [-0.15, -0.1) is 0 Å². The van der Waals surface area contributed by atoms with Gasteiger partial charge in [0, 0.05) is 31.5 Å². The Morgan fingerprint density at radius 2 is 2.39 bits per heavy atom. The summed E-state index contributed by atoms with van der Waals surface area (Å²) in [7, 11) is 0. The van der Waals surface area contributed by atoms with Crippen molar-refractivity contribution in [1.82, 2.24) is 19.8 Å². The van der Waals surface area contributed by atoms with Gasteiger partial charge in [-0.05, 0) is 39.3 Å². The summed E-state index contributed by atoms with van der Waals surface area (Å²) in [4.78, 5) is 7.10. The lowest BCUT2D eigenvalue weighted by molar-refractivity contribution is 0.152. The molecule has 1 saturated heterocycles. The molecule has 0 aliphatic carbocycles. The van der Waals surface area contributed by atoms with Crippen LogP contribution in [0.25, 0.3) is 0 Å². The Bertz CT molecular complexity index is 341. The van der Waals surface area contributed by atoms with E-state index in [0.29, 0.717) is 6.04 Å². The van der Waals surface area contributed by atoms with E-state index in [1.165, 1.54) is 38.2 Å². The summed E-state index contributed by atoms with van der Waals surface area (Å²) < 4.78 is 2.25. The molecule has 0 saturated carbocycles. The zero-order valence-electron chi connectivity index (χ0n) is 11.7. The zero-order valence-corrected chi connectivity index (χ0v) is 11.7.